The maximum Gasteiger partial charge on any atom is 0.237 e. The molecular formula is C7H9N3O. The van der Waals surface area contributed by atoms with Gasteiger partial charge >= 0.3 is 0 Å². The van der Waals surface area contributed by atoms with Gasteiger partial charge in [0.25, 0.3) is 0 Å². The Kier molecular flexibility index (Phi) is 1.22. The third-order valence-electron chi connectivity index (χ3n) is 1.99. The van der Waals surface area contributed by atoms with Crippen molar-refractivity contribution in [2.75, 3.05) is 0 Å². The summed E-state index contributed by atoms with van der Waals surface area (Å²) in [5.41, 5.74) is 11.9. The highest BCUT2D eigenvalue weighted by molar-refractivity contribution is 5.81. The second kappa shape index (κ2) is 2.10. The SMILES string of the molecule is NC(=O)C1NNC2=CC=CC21. The Morgan fingerprint density at radius 2 is 2.45 bits per heavy atom. The van der Waals surface area contributed by atoms with Crippen LogP contribution in [0.3, 0.4) is 0 Å². The van der Waals surface area contributed by atoms with Gasteiger partial charge in [-0.1, -0.05) is 12.2 Å². The molecule has 1 heterocycles. The standard InChI is InChI=1S/C7H9N3O/c8-7(11)6-4-2-1-3-5(4)9-10-6/h1-4,6,9-10H,(H2,8,11). The average Bonchev–Trinajstić information content (AvgIpc) is 2.41. The zero-order chi connectivity index (χ0) is 7.84. The Labute approximate surface area is 64.1 Å². The maximum absolute atomic E-state index is 10.8. The average molecular weight is 151 g/mol. The van der Waals surface area contributed by atoms with Gasteiger partial charge in [-0.05, 0) is 6.08 Å². The second-order valence-corrected chi connectivity index (χ2v) is 2.68. The van der Waals surface area contributed by atoms with Crippen LogP contribution in [-0.4, -0.2) is 11.9 Å². The molecule has 2 atom stereocenters. The van der Waals surface area contributed by atoms with Gasteiger partial charge in [0, 0.05) is 11.6 Å². The fourth-order valence-electron chi connectivity index (χ4n) is 1.41. The van der Waals surface area contributed by atoms with Gasteiger partial charge < -0.3 is 11.2 Å². The van der Waals surface area contributed by atoms with E-state index in [0.717, 1.165) is 5.70 Å². The fourth-order valence-corrected chi connectivity index (χ4v) is 1.41. The smallest absolute Gasteiger partial charge is 0.237 e. The summed E-state index contributed by atoms with van der Waals surface area (Å²) in [4.78, 5) is 10.8. The van der Waals surface area contributed by atoms with Gasteiger partial charge in [-0.2, -0.15) is 0 Å². The molecule has 11 heavy (non-hydrogen) atoms. The van der Waals surface area contributed by atoms with Gasteiger partial charge in [-0.25, -0.2) is 5.43 Å². The first-order valence-electron chi connectivity index (χ1n) is 3.48. The second-order valence-electron chi connectivity index (χ2n) is 2.68. The Hall–Kier alpha value is -1.29. The van der Waals surface area contributed by atoms with Crippen molar-refractivity contribution in [1.82, 2.24) is 10.9 Å². The monoisotopic (exact) mass is 151 g/mol. The number of amides is 1. The van der Waals surface area contributed by atoms with E-state index >= 15 is 0 Å². The minimum absolute atomic E-state index is 0.118. The van der Waals surface area contributed by atoms with Crippen LogP contribution in [0.1, 0.15) is 0 Å². The van der Waals surface area contributed by atoms with Crippen molar-refractivity contribution < 1.29 is 4.79 Å². The molecule has 4 heteroatoms. The van der Waals surface area contributed by atoms with Crippen molar-refractivity contribution in [3.8, 4) is 0 Å². The molecular weight excluding hydrogens is 142 g/mol. The molecule has 0 aromatic rings. The quantitative estimate of drug-likeness (QED) is 0.451. The predicted molar refractivity (Wildman–Crippen MR) is 40.0 cm³/mol. The van der Waals surface area contributed by atoms with E-state index < -0.39 is 0 Å². The molecule has 0 aromatic heterocycles. The number of hydrogen-bond acceptors (Lipinski definition) is 3. The molecule has 1 fully saturated rings. The molecule has 0 bridgehead atoms. The number of rotatable bonds is 1. The van der Waals surface area contributed by atoms with Crippen molar-refractivity contribution in [3.63, 3.8) is 0 Å². The maximum atomic E-state index is 10.8. The number of carbonyl (C=O) groups is 1. The summed E-state index contributed by atoms with van der Waals surface area (Å²) >= 11 is 0. The molecule has 4 N–H and O–H groups in total. The fraction of sp³-hybridized carbons (Fsp3) is 0.286. The van der Waals surface area contributed by atoms with E-state index in [4.69, 9.17) is 5.73 Å². The van der Waals surface area contributed by atoms with Gasteiger partial charge in [0.05, 0.1) is 0 Å². The van der Waals surface area contributed by atoms with Crippen LogP contribution in [0.2, 0.25) is 0 Å². The molecule has 1 saturated heterocycles. The number of fused-ring (bicyclic) bond motifs is 1. The lowest BCUT2D eigenvalue weighted by molar-refractivity contribution is -0.120. The summed E-state index contributed by atoms with van der Waals surface area (Å²) in [5, 5.41) is 0. The molecule has 1 aliphatic carbocycles. The number of carbonyl (C=O) groups excluding carboxylic acids is 1. The van der Waals surface area contributed by atoms with Crippen LogP contribution in [0, 0.1) is 5.92 Å². The number of nitrogens with one attached hydrogen (secondary N) is 2. The summed E-state index contributed by atoms with van der Waals surface area (Å²) in [7, 11) is 0. The van der Waals surface area contributed by atoms with Crippen molar-refractivity contribution in [3.05, 3.63) is 23.9 Å². The molecule has 0 spiro atoms. The topological polar surface area (TPSA) is 67.2 Å². The van der Waals surface area contributed by atoms with Crippen molar-refractivity contribution in [2.45, 2.75) is 6.04 Å². The highest BCUT2D eigenvalue weighted by Gasteiger charge is 2.34. The molecule has 2 rings (SSSR count). The number of hydrogen-bond donors (Lipinski definition) is 3. The van der Waals surface area contributed by atoms with Crippen LogP contribution >= 0.6 is 0 Å². The summed E-state index contributed by atoms with van der Waals surface area (Å²) in [6.45, 7) is 0. The van der Waals surface area contributed by atoms with Gasteiger partial charge in [0.1, 0.15) is 6.04 Å². The molecule has 0 saturated carbocycles. The van der Waals surface area contributed by atoms with Crippen molar-refractivity contribution >= 4 is 5.91 Å². The first kappa shape index (κ1) is 6.42. The van der Waals surface area contributed by atoms with E-state index in [9.17, 15) is 4.79 Å². The van der Waals surface area contributed by atoms with E-state index in [1.807, 2.05) is 18.2 Å². The summed E-state index contributed by atoms with van der Waals surface area (Å²) < 4.78 is 0. The normalized spacial score (nSPS) is 32.9. The predicted octanol–water partition coefficient (Wildman–Crippen LogP) is -0.982. The van der Waals surface area contributed by atoms with E-state index in [2.05, 4.69) is 10.9 Å². The molecule has 4 nitrogen and oxygen atoms in total. The lowest BCUT2D eigenvalue weighted by Gasteiger charge is -2.07. The van der Waals surface area contributed by atoms with Crippen LogP contribution < -0.4 is 16.6 Å². The zero-order valence-corrected chi connectivity index (χ0v) is 5.87. The zero-order valence-electron chi connectivity index (χ0n) is 5.87. The Morgan fingerprint density at radius 1 is 1.64 bits per heavy atom. The summed E-state index contributed by atoms with van der Waals surface area (Å²) in [6, 6.07) is -0.292. The highest BCUT2D eigenvalue weighted by Crippen LogP contribution is 2.23. The molecule has 2 unspecified atom stereocenters. The largest absolute Gasteiger partial charge is 0.368 e. The van der Waals surface area contributed by atoms with E-state index in [1.54, 1.807) is 0 Å². The molecule has 1 aliphatic heterocycles. The minimum Gasteiger partial charge on any atom is -0.368 e. The van der Waals surface area contributed by atoms with Crippen molar-refractivity contribution in [1.29, 1.82) is 0 Å². The molecule has 58 valence electrons. The molecule has 2 aliphatic rings. The summed E-state index contributed by atoms with van der Waals surface area (Å²) in [6.07, 6.45) is 5.81. The third-order valence-corrected chi connectivity index (χ3v) is 1.99. The van der Waals surface area contributed by atoms with Gasteiger partial charge in [0.2, 0.25) is 5.91 Å². The molecule has 0 radical (unpaired) electrons. The van der Waals surface area contributed by atoms with Crippen LogP contribution in [0.5, 0.6) is 0 Å². The van der Waals surface area contributed by atoms with E-state index in [1.165, 1.54) is 0 Å². The number of nitrogens with two attached hydrogens (primary N) is 1. The Bertz CT molecular complexity index is 256. The Morgan fingerprint density at radius 3 is 3.18 bits per heavy atom. The van der Waals surface area contributed by atoms with E-state index in [-0.39, 0.29) is 17.9 Å². The molecule has 0 aromatic carbocycles. The lowest BCUT2D eigenvalue weighted by Crippen LogP contribution is -2.42. The van der Waals surface area contributed by atoms with Crippen molar-refractivity contribution in [2.24, 2.45) is 11.7 Å². The third kappa shape index (κ3) is 0.832. The van der Waals surface area contributed by atoms with Crippen LogP contribution in [0.25, 0.3) is 0 Å². The van der Waals surface area contributed by atoms with Gasteiger partial charge in [-0.3, -0.25) is 4.79 Å². The first-order valence-corrected chi connectivity index (χ1v) is 3.48. The van der Waals surface area contributed by atoms with Gasteiger partial charge in [0.15, 0.2) is 0 Å². The number of allylic oxidation sites excluding steroid dienone is 2. The summed E-state index contributed by atoms with van der Waals surface area (Å²) in [5.74, 6) is -0.204. The lowest BCUT2D eigenvalue weighted by atomic mass is 10.0. The van der Waals surface area contributed by atoms with Crippen LogP contribution in [0.4, 0.5) is 0 Å². The van der Waals surface area contributed by atoms with Gasteiger partial charge in [-0.15, -0.1) is 0 Å². The Balaban J connectivity index is 2.22. The highest BCUT2D eigenvalue weighted by atomic mass is 16.1. The van der Waals surface area contributed by atoms with Crippen LogP contribution in [-0.2, 0) is 4.79 Å². The van der Waals surface area contributed by atoms with E-state index in [0.29, 0.717) is 0 Å². The molecule has 1 amide bonds. The first-order chi connectivity index (χ1) is 5.29. The number of primary amides is 1. The minimum atomic E-state index is -0.322. The van der Waals surface area contributed by atoms with Crippen LogP contribution in [0.15, 0.2) is 23.9 Å². The number of hydrazine groups is 1.